The Kier molecular flexibility index (Phi) is 3.60. The maximum Gasteiger partial charge on any atom is 0.253 e. The minimum absolute atomic E-state index is 0.0963. The molecule has 0 unspecified atom stereocenters. The Hall–Kier alpha value is -1.64. The van der Waals surface area contributed by atoms with Crippen molar-refractivity contribution in [2.24, 2.45) is 0 Å². The molecule has 1 aromatic rings. The van der Waals surface area contributed by atoms with Gasteiger partial charge in [-0.15, -0.1) is 0 Å². The summed E-state index contributed by atoms with van der Waals surface area (Å²) in [5.74, 6) is 0.429. The van der Waals surface area contributed by atoms with Crippen LogP contribution in [0, 0.1) is 0 Å². The van der Waals surface area contributed by atoms with Crippen LogP contribution in [0.15, 0.2) is 18.2 Å². The van der Waals surface area contributed by atoms with E-state index in [0.717, 1.165) is 31.2 Å². The van der Waals surface area contributed by atoms with Crippen LogP contribution < -0.4 is 0 Å². The monoisotopic (exact) mass is 271 g/mol. The van der Waals surface area contributed by atoms with E-state index in [1.165, 1.54) is 17.5 Å². The first-order valence-electron chi connectivity index (χ1n) is 7.56. The largest absolute Gasteiger partial charge is 0.339 e. The Morgan fingerprint density at radius 1 is 1.10 bits per heavy atom. The molecule has 20 heavy (non-hydrogen) atoms. The van der Waals surface area contributed by atoms with E-state index in [1.807, 2.05) is 18.0 Å². The van der Waals surface area contributed by atoms with E-state index < -0.39 is 0 Å². The predicted molar refractivity (Wildman–Crippen MR) is 77.8 cm³/mol. The van der Waals surface area contributed by atoms with E-state index in [0.29, 0.717) is 18.6 Å². The summed E-state index contributed by atoms with van der Waals surface area (Å²) in [6, 6.07) is 6.34. The third kappa shape index (κ3) is 2.49. The van der Waals surface area contributed by atoms with Gasteiger partial charge in [-0.05, 0) is 55.4 Å². The SMILES string of the molecule is CN(C(=O)c1ccc2c(c1)CCC2)C1CCC(=O)CC1. The lowest BCUT2D eigenvalue weighted by molar-refractivity contribution is -0.121. The summed E-state index contributed by atoms with van der Waals surface area (Å²) < 4.78 is 0. The Labute approximate surface area is 120 Å². The molecular weight excluding hydrogens is 250 g/mol. The topological polar surface area (TPSA) is 37.4 Å². The maximum atomic E-state index is 12.6. The number of ketones is 1. The molecule has 106 valence electrons. The number of Topliss-reactive ketones (excluding diaryl/α,β-unsaturated/α-hetero) is 1. The van der Waals surface area contributed by atoms with Crippen LogP contribution in [0.3, 0.4) is 0 Å². The molecule has 0 bridgehead atoms. The maximum absolute atomic E-state index is 12.6. The number of carbonyl (C=O) groups is 2. The second-order valence-corrected chi connectivity index (χ2v) is 6.02. The number of hydrogen-bond acceptors (Lipinski definition) is 2. The van der Waals surface area contributed by atoms with Crippen molar-refractivity contribution in [2.45, 2.75) is 51.0 Å². The van der Waals surface area contributed by atoms with Crippen LogP contribution in [0.5, 0.6) is 0 Å². The van der Waals surface area contributed by atoms with Gasteiger partial charge < -0.3 is 4.90 Å². The van der Waals surface area contributed by atoms with E-state index in [4.69, 9.17) is 0 Å². The minimum atomic E-state index is 0.0963. The summed E-state index contributed by atoms with van der Waals surface area (Å²) in [6.07, 6.45) is 6.30. The highest BCUT2D eigenvalue weighted by atomic mass is 16.2. The van der Waals surface area contributed by atoms with E-state index >= 15 is 0 Å². The Morgan fingerprint density at radius 3 is 2.55 bits per heavy atom. The third-order valence-corrected chi connectivity index (χ3v) is 4.73. The minimum Gasteiger partial charge on any atom is -0.339 e. The summed E-state index contributed by atoms with van der Waals surface area (Å²) in [6.45, 7) is 0. The van der Waals surface area contributed by atoms with Gasteiger partial charge >= 0.3 is 0 Å². The lowest BCUT2D eigenvalue weighted by Crippen LogP contribution is -2.39. The lowest BCUT2D eigenvalue weighted by Gasteiger charge is -2.31. The standard InChI is InChI=1S/C17H21NO2/c1-18(15-7-9-16(19)10-8-15)17(20)14-6-5-12-3-2-4-13(12)11-14/h5-6,11,15H,2-4,7-10H2,1H3. The summed E-state index contributed by atoms with van der Waals surface area (Å²) in [5.41, 5.74) is 3.53. The summed E-state index contributed by atoms with van der Waals surface area (Å²) in [4.78, 5) is 25.7. The number of aryl methyl sites for hydroxylation is 2. The quantitative estimate of drug-likeness (QED) is 0.829. The van der Waals surface area contributed by atoms with Crippen LogP contribution >= 0.6 is 0 Å². The van der Waals surface area contributed by atoms with E-state index in [-0.39, 0.29) is 11.9 Å². The van der Waals surface area contributed by atoms with Gasteiger partial charge in [-0.25, -0.2) is 0 Å². The van der Waals surface area contributed by atoms with Crippen LogP contribution in [-0.4, -0.2) is 29.7 Å². The number of carbonyl (C=O) groups excluding carboxylic acids is 2. The smallest absolute Gasteiger partial charge is 0.253 e. The molecule has 0 N–H and O–H groups in total. The number of fused-ring (bicyclic) bond motifs is 1. The average molecular weight is 271 g/mol. The highest BCUT2D eigenvalue weighted by molar-refractivity contribution is 5.94. The first kappa shape index (κ1) is 13.3. The van der Waals surface area contributed by atoms with Crippen LogP contribution in [-0.2, 0) is 17.6 Å². The van der Waals surface area contributed by atoms with Crippen LogP contribution in [0.4, 0.5) is 0 Å². The highest BCUT2D eigenvalue weighted by Gasteiger charge is 2.26. The van der Waals surface area contributed by atoms with Gasteiger partial charge in [0.1, 0.15) is 5.78 Å². The predicted octanol–water partition coefficient (Wildman–Crippen LogP) is 2.76. The summed E-state index contributed by atoms with van der Waals surface area (Å²) >= 11 is 0. The zero-order chi connectivity index (χ0) is 14.1. The van der Waals surface area contributed by atoms with Crippen molar-refractivity contribution in [1.29, 1.82) is 0 Å². The number of rotatable bonds is 2. The van der Waals surface area contributed by atoms with Crippen molar-refractivity contribution < 1.29 is 9.59 Å². The first-order chi connectivity index (χ1) is 9.65. The fourth-order valence-electron chi connectivity index (χ4n) is 3.39. The number of nitrogens with zero attached hydrogens (tertiary/aromatic N) is 1. The molecule has 1 saturated carbocycles. The third-order valence-electron chi connectivity index (χ3n) is 4.73. The molecule has 3 heteroatoms. The average Bonchev–Trinajstić information content (AvgIpc) is 2.94. The second-order valence-electron chi connectivity index (χ2n) is 6.02. The van der Waals surface area contributed by atoms with Gasteiger partial charge in [-0.3, -0.25) is 9.59 Å². The Morgan fingerprint density at radius 2 is 1.80 bits per heavy atom. The van der Waals surface area contributed by atoms with E-state index in [9.17, 15) is 9.59 Å². The molecule has 0 heterocycles. The van der Waals surface area contributed by atoms with Crippen molar-refractivity contribution in [3.8, 4) is 0 Å². The molecule has 0 spiro atoms. The molecule has 1 amide bonds. The lowest BCUT2D eigenvalue weighted by atomic mass is 9.93. The molecule has 0 aromatic heterocycles. The van der Waals surface area contributed by atoms with Gasteiger partial charge in [0, 0.05) is 31.5 Å². The molecule has 0 saturated heterocycles. The van der Waals surface area contributed by atoms with Gasteiger partial charge in [-0.2, -0.15) is 0 Å². The van der Waals surface area contributed by atoms with Crippen LogP contribution in [0.2, 0.25) is 0 Å². The fraction of sp³-hybridized carbons (Fsp3) is 0.529. The van der Waals surface area contributed by atoms with E-state index in [1.54, 1.807) is 0 Å². The zero-order valence-electron chi connectivity index (χ0n) is 12.0. The Bertz CT molecular complexity index is 540. The van der Waals surface area contributed by atoms with Crippen molar-refractivity contribution in [1.82, 2.24) is 4.90 Å². The molecule has 1 aromatic carbocycles. The second kappa shape index (κ2) is 5.39. The molecule has 0 aliphatic heterocycles. The molecule has 2 aliphatic carbocycles. The van der Waals surface area contributed by atoms with Crippen molar-refractivity contribution in [3.05, 3.63) is 34.9 Å². The van der Waals surface area contributed by atoms with Gasteiger partial charge in [0.15, 0.2) is 0 Å². The number of benzene rings is 1. The molecule has 3 rings (SSSR count). The van der Waals surface area contributed by atoms with Gasteiger partial charge in [-0.1, -0.05) is 6.07 Å². The van der Waals surface area contributed by atoms with Crippen molar-refractivity contribution >= 4 is 11.7 Å². The molecule has 2 aliphatic rings. The molecular formula is C17H21NO2. The molecule has 0 atom stereocenters. The van der Waals surface area contributed by atoms with Gasteiger partial charge in [0.25, 0.3) is 5.91 Å². The molecule has 3 nitrogen and oxygen atoms in total. The van der Waals surface area contributed by atoms with Gasteiger partial charge in [0.2, 0.25) is 0 Å². The number of hydrogen-bond donors (Lipinski definition) is 0. The number of amides is 1. The highest BCUT2D eigenvalue weighted by Crippen LogP contribution is 2.25. The van der Waals surface area contributed by atoms with E-state index in [2.05, 4.69) is 12.1 Å². The summed E-state index contributed by atoms with van der Waals surface area (Å²) in [5, 5.41) is 0. The fourth-order valence-corrected chi connectivity index (χ4v) is 3.39. The molecule has 1 fully saturated rings. The first-order valence-corrected chi connectivity index (χ1v) is 7.56. The van der Waals surface area contributed by atoms with Crippen LogP contribution in [0.25, 0.3) is 0 Å². The zero-order valence-corrected chi connectivity index (χ0v) is 12.0. The summed E-state index contributed by atoms with van der Waals surface area (Å²) in [7, 11) is 1.87. The molecule has 0 radical (unpaired) electrons. The van der Waals surface area contributed by atoms with Crippen molar-refractivity contribution in [3.63, 3.8) is 0 Å². The Balaban J connectivity index is 1.73. The van der Waals surface area contributed by atoms with Crippen molar-refractivity contribution in [2.75, 3.05) is 7.05 Å². The normalized spacial score (nSPS) is 18.9. The van der Waals surface area contributed by atoms with Gasteiger partial charge in [0.05, 0.1) is 0 Å². The van der Waals surface area contributed by atoms with Crippen LogP contribution in [0.1, 0.15) is 53.6 Å².